The quantitative estimate of drug-likeness (QED) is 0.939. The van der Waals surface area contributed by atoms with Gasteiger partial charge >= 0.3 is 0 Å². The number of nitrogens with zero attached hydrogens (tertiary/aromatic N) is 3. The molecule has 3 rings (SSSR count). The largest absolute Gasteiger partial charge is 0.341 e. The van der Waals surface area contributed by atoms with E-state index >= 15 is 0 Å². The fraction of sp³-hybridized carbons (Fsp3) is 0.353. The van der Waals surface area contributed by atoms with Crippen LogP contribution in [0.25, 0.3) is 0 Å². The Hall–Kier alpha value is -2.57. The SMILES string of the molecule is Cc1ccnc(N2CCC(C(=O)Nc3cc(F)ccc3F)CC2)n1. The third kappa shape index (κ3) is 3.67. The number of carbonyl (C=O) groups is 1. The number of benzene rings is 1. The lowest BCUT2D eigenvalue weighted by molar-refractivity contribution is -0.120. The lowest BCUT2D eigenvalue weighted by atomic mass is 9.96. The predicted octanol–water partition coefficient (Wildman–Crippen LogP) is 2.92. The van der Waals surface area contributed by atoms with Crippen LogP contribution in [0.3, 0.4) is 0 Å². The highest BCUT2D eigenvalue weighted by molar-refractivity contribution is 5.92. The summed E-state index contributed by atoms with van der Waals surface area (Å²) in [5, 5.41) is 2.48. The maximum Gasteiger partial charge on any atom is 0.227 e. The van der Waals surface area contributed by atoms with Crippen LogP contribution in [-0.2, 0) is 4.79 Å². The van der Waals surface area contributed by atoms with Crippen LogP contribution < -0.4 is 10.2 Å². The Morgan fingerprint density at radius 2 is 2.00 bits per heavy atom. The third-order valence-corrected chi connectivity index (χ3v) is 4.12. The maximum atomic E-state index is 13.6. The average molecular weight is 332 g/mol. The van der Waals surface area contributed by atoms with Crippen LogP contribution >= 0.6 is 0 Å². The highest BCUT2D eigenvalue weighted by Gasteiger charge is 2.26. The van der Waals surface area contributed by atoms with Crippen molar-refractivity contribution in [1.82, 2.24) is 9.97 Å². The van der Waals surface area contributed by atoms with Crippen LogP contribution in [0, 0.1) is 24.5 Å². The van der Waals surface area contributed by atoms with Gasteiger partial charge in [-0.25, -0.2) is 18.7 Å². The van der Waals surface area contributed by atoms with Crippen LogP contribution in [-0.4, -0.2) is 29.0 Å². The number of piperidine rings is 1. The number of aryl methyl sites for hydroxylation is 1. The first-order valence-corrected chi connectivity index (χ1v) is 7.83. The van der Waals surface area contributed by atoms with E-state index in [1.54, 1.807) is 6.20 Å². The molecule has 1 saturated heterocycles. The van der Waals surface area contributed by atoms with Crippen molar-refractivity contribution >= 4 is 17.5 Å². The zero-order valence-corrected chi connectivity index (χ0v) is 13.3. The molecule has 126 valence electrons. The number of anilines is 2. The number of rotatable bonds is 3. The van der Waals surface area contributed by atoms with Crippen LogP contribution in [0.1, 0.15) is 18.5 Å². The van der Waals surface area contributed by atoms with Gasteiger partial charge in [0.05, 0.1) is 5.69 Å². The van der Waals surface area contributed by atoms with Gasteiger partial charge in [0.1, 0.15) is 11.6 Å². The molecule has 5 nitrogen and oxygen atoms in total. The first kappa shape index (κ1) is 16.3. The van der Waals surface area contributed by atoms with Crippen molar-refractivity contribution in [2.75, 3.05) is 23.3 Å². The third-order valence-electron chi connectivity index (χ3n) is 4.12. The Balaban J connectivity index is 1.60. The summed E-state index contributed by atoms with van der Waals surface area (Å²) in [5.41, 5.74) is 0.769. The van der Waals surface area contributed by atoms with Crippen molar-refractivity contribution in [3.05, 3.63) is 47.8 Å². The number of carbonyl (C=O) groups excluding carboxylic acids is 1. The molecule has 1 aromatic heterocycles. The number of aromatic nitrogens is 2. The van der Waals surface area contributed by atoms with E-state index in [2.05, 4.69) is 15.3 Å². The summed E-state index contributed by atoms with van der Waals surface area (Å²) < 4.78 is 26.8. The topological polar surface area (TPSA) is 58.1 Å². The van der Waals surface area contributed by atoms with Gasteiger partial charge in [0, 0.05) is 37.0 Å². The normalized spacial score (nSPS) is 15.4. The minimum absolute atomic E-state index is 0.121. The second-order valence-corrected chi connectivity index (χ2v) is 5.87. The molecule has 1 N–H and O–H groups in total. The van der Waals surface area contributed by atoms with E-state index in [0.717, 1.165) is 23.9 Å². The van der Waals surface area contributed by atoms with Crippen molar-refractivity contribution in [3.63, 3.8) is 0 Å². The predicted molar refractivity (Wildman–Crippen MR) is 86.7 cm³/mol. The van der Waals surface area contributed by atoms with Crippen LogP contribution in [0.5, 0.6) is 0 Å². The van der Waals surface area contributed by atoms with E-state index < -0.39 is 11.6 Å². The van der Waals surface area contributed by atoms with E-state index in [1.807, 2.05) is 17.9 Å². The van der Waals surface area contributed by atoms with Crippen LogP contribution in [0.4, 0.5) is 20.4 Å². The zero-order chi connectivity index (χ0) is 17.1. The molecular formula is C17H18F2N4O. The molecule has 7 heteroatoms. The molecule has 0 aliphatic carbocycles. The number of amides is 1. The molecule has 0 spiro atoms. The van der Waals surface area contributed by atoms with Crippen molar-refractivity contribution < 1.29 is 13.6 Å². The lowest BCUT2D eigenvalue weighted by Crippen LogP contribution is -2.39. The second kappa shape index (κ2) is 6.90. The van der Waals surface area contributed by atoms with Crippen LogP contribution in [0.15, 0.2) is 30.5 Å². The molecule has 0 bridgehead atoms. The molecule has 0 unspecified atom stereocenters. The zero-order valence-electron chi connectivity index (χ0n) is 13.3. The lowest BCUT2D eigenvalue weighted by Gasteiger charge is -2.31. The fourth-order valence-electron chi connectivity index (χ4n) is 2.76. The Labute approximate surface area is 138 Å². The maximum absolute atomic E-state index is 13.6. The molecule has 1 fully saturated rings. The van der Waals surface area contributed by atoms with Gasteiger partial charge in [0.2, 0.25) is 11.9 Å². The summed E-state index contributed by atoms with van der Waals surface area (Å²) in [6, 6.07) is 4.84. The molecule has 1 amide bonds. The van der Waals surface area contributed by atoms with Gasteiger partial charge < -0.3 is 10.2 Å². The highest BCUT2D eigenvalue weighted by atomic mass is 19.1. The van der Waals surface area contributed by atoms with E-state index in [-0.39, 0.29) is 17.5 Å². The molecule has 1 aliphatic heterocycles. The van der Waals surface area contributed by atoms with Gasteiger partial charge in [-0.05, 0) is 38.0 Å². The van der Waals surface area contributed by atoms with E-state index in [0.29, 0.717) is 31.9 Å². The molecule has 2 heterocycles. The average Bonchev–Trinajstić information content (AvgIpc) is 2.58. The van der Waals surface area contributed by atoms with Gasteiger partial charge in [0.25, 0.3) is 0 Å². The Morgan fingerprint density at radius 3 is 2.71 bits per heavy atom. The Kier molecular flexibility index (Phi) is 4.69. The summed E-state index contributed by atoms with van der Waals surface area (Å²) in [5.74, 6) is -1.10. The monoisotopic (exact) mass is 332 g/mol. The number of hydrogen-bond donors (Lipinski definition) is 1. The second-order valence-electron chi connectivity index (χ2n) is 5.87. The molecular weight excluding hydrogens is 314 g/mol. The molecule has 2 aromatic rings. The first-order chi connectivity index (χ1) is 11.5. The Morgan fingerprint density at radius 1 is 1.25 bits per heavy atom. The molecule has 0 atom stereocenters. The number of halogens is 2. The summed E-state index contributed by atoms with van der Waals surface area (Å²) in [6.45, 7) is 3.19. The Bertz CT molecular complexity index is 745. The molecule has 1 aliphatic rings. The highest BCUT2D eigenvalue weighted by Crippen LogP contribution is 2.23. The van der Waals surface area contributed by atoms with Gasteiger partial charge in [-0.1, -0.05) is 0 Å². The smallest absolute Gasteiger partial charge is 0.227 e. The summed E-state index contributed by atoms with van der Waals surface area (Å²) in [4.78, 5) is 22.9. The van der Waals surface area contributed by atoms with Gasteiger partial charge in [-0.3, -0.25) is 4.79 Å². The fourth-order valence-corrected chi connectivity index (χ4v) is 2.76. The number of nitrogens with one attached hydrogen (secondary N) is 1. The molecule has 0 radical (unpaired) electrons. The van der Waals surface area contributed by atoms with Crippen molar-refractivity contribution in [1.29, 1.82) is 0 Å². The van der Waals surface area contributed by atoms with Gasteiger partial charge in [-0.2, -0.15) is 0 Å². The van der Waals surface area contributed by atoms with Crippen LogP contribution in [0.2, 0.25) is 0 Å². The molecule has 24 heavy (non-hydrogen) atoms. The van der Waals surface area contributed by atoms with Crippen molar-refractivity contribution in [3.8, 4) is 0 Å². The standard InChI is InChI=1S/C17H18F2N4O/c1-11-4-7-20-17(21-11)23-8-5-12(6-9-23)16(24)22-15-10-13(18)2-3-14(15)19/h2-4,7,10,12H,5-6,8-9H2,1H3,(H,22,24). The van der Waals surface area contributed by atoms with Crippen molar-refractivity contribution in [2.45, 2.75) is 19.8 Å². The summed E-state index contributed by atoms with van der Waals surface area (Å²) in [6.07, 6.45) is 2.93. The van der Waals surface area contributed by atoms with Gasteiger partial charge in [-0.15, -0.1) is 0 Å². The first-order valence-electron chi connectivity index (χ1n) is 7.83. The summed E-state index contributed by atoms with van der Waals surface area (Å²) in [7, 11) is 0. The molecule has 0 saturated carbocycles. The molecule has 1 aromatic carbocycles. The minimum Gasteiger partial charge on any atom is -0.341 e. The van der Waals surface area contributed by atoms with E-state index in [4.69, 9.17) is 0 Å². The van der Waals surface area contributed by atoms with Crippen molar-refractivity contribution in [2.24, 2.45) is 5.92 Å². The summed E-state index contributed by atoms with van der Waals surface area (Å²) >= 11 is 0. The number of hydrogen-bond acceptors (Lipinski definition) is 4. The van der Waals surface area contributed by atoms with Gasteiger partial charge in [0.15, 0.2) is 0 Å². The minimum atomic E-state index is -0.643. The van der Waals surface area contributed by atoms with E-state index in [1.165, 1.54) is 0 Å². The van der Waals surface area contributed by atoms with E-state index in [9.17, 15) is 13.6 Å².